The highest BCUT2D eigenvalue weighted by Crippen LogP contribution is 2.36. The Morgan fingerprint density at radius 1 is 1.21 bits per heavy atom. The van der Waals surface area contributed by atoms with Crippen molar-refractivity contribution in [2.24, 2.45) is 0 Å². The number of anilines is 2. The third kappa shape index (κ3) is 3.73. The molecule has 1 fully saturated rings. The molecule has 1 aliphatic rings. The highest BCUT2D eigenvalue weighted by molar-refractivity contribution is 5.96. The van der Waals surface area contributed by atoms with Crippen molar-refractivity contribution >= 4 is 28.2 Å². The van der Waals surface area contributed by atoms with E-state index < -0.39 is 22.1 Å². The van der Waals surface area contributed by atoms with Crippen LogP contribution in [0.3, 0.4) is 0 Å². The predicted molar refractivity (Wildman–Crippen MR) is 117 cm³/mol. The quantitative estimate of drug-likeness (QED) is 0.359. The molecule has 5 rings (SSSR count). The number of nitro benzene ring substituents is 1. The van der Waals surface area contributed by atoms with Crippen LogP contribution in [-0.4, -0.2) is 19.7 Å². The monoisotopic (exact) mass is 449 g/mol. The zero-order valence-corrected chi connectivity index (χ0v) is 17.2. The molecule has 4 aromatic rings. The number of benzene rings is 2. The van der Waals surface area contributed by atoms with Gasteiger partial charge in [-0.05, 0) is 37.5 Å². The number of aromatic nitrogens is 3. The van der Waals surface area contributed by atoms with Crippen LogP contribution in [0.1, 0.15) is 24.4 Å². The summed E-state index contributed by atoms with van der Waals surface area (Å²) in [4.78, 5) is 40.0. The molecule has 0 radical (unpaired) electrons. The van der Waals surface area contributed by atoms with E-state index in [4.69, 9.17) is 4.42 Å². The summed E-state index contributed by atoms with van der Waals surface area (Å²) in [5, 5.41) is 18.3. The number of rotatable bonds is 5. The lowest BCUT2D eigenvalue weighted by atomic mass is 10.1. The molecule has 33 heavy (non-hydrogen) atoms. The van der Waals surface area contributed by atoms with E-state index in [-0.39, 0.29) is 45.5 Å². The molecule has 0 bridgehead atoms. The molecule has 2 heterocycles. The zero-order chi connectivity index (χ0) is 23.3. The lowest BCUT2D eigenvalue weighted by Crippen LogP contribution is -2.25. The molecule has 1 N–H and O–H groups in total. The largest absolute Gasteiger partial charge is 0.441 e. The summed E-state index contributed by atoms with van der Waals surface area (Å²) in [6.45, 7) is 1.73. The van der Waals surface area contributed by atoms with Crippen LogP contribution in [-0.2, 0) is 0 Å². The molecule has 2 aromatic carbocycles. The first kappa shape index (κ1) is 20.5. The van der Waals surface area contributed by atoms with Crippen LogP contribution in [0.4, 0.5) is 21.6 Å². The first-order chi connectivity index (χ1) is 15.8. The van der Waals surface area contributed by atoms with Gasteiger partial charge in [-0.3, -0.25) is 14.9 Å². The van der Waals surface area contributed by atoms with Crippen LogP contribution in [0.2, 0.25) is 0 Å². The van der Waals surface area contributed by atoms with Gasteiger partial charge in [0.15, 0.2) is 11.4 Å². The van der Waals surface area contributed by atoms with Gasteiger partial charge in [0.1, 0.15) is 16.9 Å². The van der Waals surface area contributed by atoms with Gasteiger partial charge in [-0.15, -0.1) is 0 Å². The van der Waals surface area contributed by atoms with Crippen molar-refractivity contribution in [2.75, 3.05) is 5.32 Å². The summed E-state index contributed by atoms with van der Waals surface area (Å²) in [7, 11) is 0. The van der Waals surface area contributed by atoms with Crippen LogP contribution in [0, 0.1) is 22.9 Å². The van der Waals surface area contributed by atoms with Crippen LogP contribution in [0.5, 0.6) is 0 Å². The molecule has 166 valence electrons. The minimum Gasteiger partial charge on any atom is -0.405 e. The highest BCUT2D eigenvalue weighted by atomic mass is 19.1. The van der Waals surface area contributed by atoms with Crippen molar-refractivity contribution in [1.82, 2.24) is 14.8 Å². The van der Waals surface area contributed by atoms with E-state index in [9.17, 15) is 24.1 Å². The summed E-state index contributed by atoms with van der Waals surface area (Å²) in [5.74, 6) is -1.80. The molecule has 1 aliphatic carbocycles. The van der Waals surface area contributed by atoms with Gasteiger partial charge in [0, 0.05) is 17.7 Å². The molecule has 0 unspecified atom stereocenters. The van der Waals surface area contributed by atoms with Crippen LogP contribution in [0.15, 0.2) is 56.5 Å². The SMILES string of the molecule is Cc1ccc(Nc2nc(=O)oc3c(-c4cccc([N+](=O)[O-])c4)nn(C4CC4)c(=O)c23)c(F)c1. The van der Waals surface area contributed by atoms with Gasteiger partial charge in [-0.1, -0.05) is 18.2 Å². The average Bonchev–Trinajstić information content (AvgIpc) is 3.61. The highest BCUT2D eigenvalue weighted by Gasteiger charge is 2.30. The Labute approximate surface area is 184 Å². The van der Waals surface area contributed by atoms with E-state index in [1.807, 2.05) is 0 Å². The summed E-state index contributed by atoms with van der Waals surface area (Å²) in [6, 6.07) is 9.89. The van der Waals surface area contributed by atoms with Gasteiger partial charge in [-0.2, -0.15) is 10.1 Å². The molecule has 0 atom stereocenters. The van der Waals surface area contributed by atoms with E-state index in [2.05, 4.69) is 15.4 Å². The van der Waals surface area contributed by atoms with Gasteiger partial charge in [-0.25, -0.2) is 13.9 Å². The maximum absolute atomic E-state index is 14.5. The van der Waals surface area contributed by atoms with Gasteiger partial charge in [0.2, 0.25) is 0 Å². The topological polar surface area (TPSA) is 133 Å². The molecular formula is C22H16FN5O5. The summed E-state index contributed by atoms with van der Waals surface area (Å²) in [5.41, 5.74) is 0.129. The Bertz CT molecular complexity index is 1560. The third-order valence-corrected chi connectivity index (χ3v) is 5.30. The van der Waals surface area contributed by atoms with Crippen LogP contribution >= 0.6 is 0 Å². The molecule has 11 heteroatoms. The van der Waals surface area contributed by atoms with E-state index >= 15 is 0 Å². The number of hydrogen-bond donors (Lipinski definition) is 1. The summed E-state index contributed by atoms with van der Waals surface area (Å²) in [6.07, 6.45) is 1.46. The molecule has 0 spiro atoms. The second-order valence-corrected chi connectivity index (χ2v) is 7.78. The summed E-state index contributed by atoms with van der Waals surface area (Å²) >= 11 is 0. The molecule has 2 aromatic heterocycles. The fraction of sp³-hybridized carbons (Fsp3) is 0.182. The van der Waals surface area contributed by atoms with E-state index in [0.717, 1.165) is 12.8 Å². The van der Waals surface area contributed by atoms with E-state index in [1.54, 1.807) is 19.1 Å². The lowest BCUT2D eigenvalue weighted by molar-refractivity contribution is -0.384. The molecule has 0 amide bonds. The van der Waals surface area contributed by atoms with Gasteiger partial charge < -0.3 is 9.73 Å². The van der Waals surface area contributed by atoms with Crippen LogP contribution in [0.25, 0.3) is 22.2 Å². The Balaban J connectivity index is 1.80. The number of halogens is 1. The molecule has 10 nitrogen and oxygen atoms in total. The second-order valence-electron chi connectivity index (χ2n) is 7.78. The zero-order valence-electron chi connectivity index (χ0n) is 17.2. The van der Waals surface area contributed by atoms with Crippen LogP contribution < -0.4 is 16.6 Å². The minimum atomic E-state index is -1.03. The average molecular weight is 449 g/mol. The molecule has 0 saturated heterocycles. The lowest BCUT2D eigenvalue weighted by Gasteiger charge is -2.13. The normalized spacial score (nSPS) is 13.3. The van der Waals surface area contributed by atoms with Crippen molar-refractivity contribution in [3.63, 3.8) is 0 Å². The second kappa shape index (κ2) is 7.62. The maximum atomic E-state index is 14.5. The van der Waals surface area contributed by atoms with Gasteiger partial charge in [0.25, 0.3) is 11.2 Å². The number of aryl methyl sites for hydroxylation is 1. The van der Waals surface area contributed by atoms with Crippen molar-refractivity contribution in [3.8, 4) is 11.3 Å². The van der Waals surface area contributed by atoms with E-state index in [0.29, 0.717) is 5.56 Å². The minimum absolute atomic E-state index is 0.0195. The number of hydrogen-bond acceptors (Lipinski definition) is 8. The Morgan fingerprint density at radius 3 is 2.70 bits per heavy atom. The fourth-order valence-corrected chi connectivity index (χ4v) is 3.56. The Hall–Kier alpha value is -4.41. The third-order valence-electron chi connectivity index (χ3n) is 5.30. The van der Waals surface area contributed by atoms with E-state index in [1.165, 1.54) is 35.0 Å². The smallest absolute Gasteiger partial charge is 0.405 e. The number of fused-ring (bicyclic) bond motifs is 1. The number of non-ortho nitro benzene ring substituents is 1. The molecular weight excluding hydrogens is 433 g/mol. The first-order valence-electron chi connectivity index (χ1n) is 10.1. The van der Waals surface area contributed by atoms with Crippen molar-refractivity contribution < 1.29 is 13.7 Å². The molecule has 0 aliphatic heterocycles. The molecule has 1 saturated carbocycles. The van der Waals surface area contributed by atoms with Gasteiger partial charge in [0.05, 0.1) is 16.7 Å². The maximum Gasteiger partial charge on any atom is 0.441 e. The number of nitrogens with one attached hydrogen (secondary N) is 1. The van der Waals surface area contributed by atoms with Crippen molar-refractivity contribution in [1.29, 1.82) is 0 Å². The fourth-order valence-electron chi connectivity index (χ4n) is 3.56. The first-order valence-corrected chi connectivity index (χ1v) is 10.1. The standard InChI is InChI=1S/C22H16FN5O5/c1-11-5-8-16(15(23)9-11)24-20-17-19(33-22(30)25-20)18(26-27(21(17)29)13-6-7-13)12-3-2-4-14(10-12)28(31)32/h2-5,8-10,13H,6-7H2,1H3,(H,24,25,30). The predicted octanol–water partition coefficient (Wildman–Crippen LogP) is 3.85. The van der Waals surface area contributed by atoms with Gasteiger partial charge >= 0.3 is 5.76 Å². The Morgan fingerprint density at radius 2 is 2.00 bits per heavy atom. The van der Waals surface area contributed by atoms with Crippen molar-refractivity contribution in [2.45, 2.75) is 25.8 Å². The number of nitro groups is 1. The summed E-state index contributed by atoms with van der Waals surface area (Å²) < 4.78 is 21.0. The van der Waals surface area contributed by atoms with Crippen molar-refractivity contribution in [3.05, 3.63) is 84.9 Å². The number of nitrogens with zero attached hydrogens (tertiary/aromatic N) is 4. The Kier molecular flexibility index (Phi) is 4.73.